The molecule has 0 atom stereocenters. The van der Waals surface area contributed by atoms with E-state index in [0.29, 0.717) is 18.1 Å². The molecule has 8 heavy (non-hydrogen) atoms. The Morgan fingerprint density at radius 3 is 2.50 bits per heavy atom. The number of nitrogens with one attached hydrogen (secondary N) is 1. The summed E-state index contributed by atoms with van der Waals surface area (Å²) in [6.45, 7) is 0. The monoisotopic (exact) mass is 113 g/mol. The predicted octanol–water partition coefficient (Wildman–Crippen LogP) is -1.48. The molecule has 0 aromatic rings. The second kappa shape index (κ2) is 1.79. The average molecular weight is 113 g/mol. The normalized spacial score (nSPS) is 17.6. The van der Waals surface area contributed by atoms with E-state index in [1.54, 1.807) is 0 Å². The van der Waals surface area contributed by atoms with Gasteiger partial charge >= 0.3 is 0 Å². The Labute approximate surface area is 46.4 Å². The van der Waals surface area contributed by atoms with Gasteiger partial charge < -0.3 is 11.2 Å². The molecule has 0 radical (unpaired) electrons. The fourth-order valence-corrected chi connectivity index (χ4v) is 0.447. The molecule has 1 heterocycles. The van der Waals surface area contributed by atoms with Gasteiger partial charge in [0.1, 0.15) is 11.7 Å². The second-order valence-corrected chi connectivity index (χ2v) is 1.46. The zero-order valence-corrected chi connectivity index (χ0v) is 4.26. The third-order valence-electron chi connectivity index (χ3n) is 0.814. The number of rotatable bonds is 0. The molecule has 0 aliphatic carbocycles. The van der Waals surface area contributed by atoms with Gasteiger partial charge in [-0.05, 0) is 0 Å². The summed E-state index contributed by atoms with van der Waals surface area (Å²) in [5.41, 5.74) is 7.59. The molecular weight excluding hydrogens is 106 g/mol. The molecular formula is C3H7N5. The van der Waals surface area contributed by atoms with Gasteiger partial charge in [0.15, 0.2) is 0 Å². The van der Waals surface area contributed by atoms with Gasteiger partial charge in [-0.25, -0.2) is 5.84 Å². The van der Waals surface area contributed by atoms with E-state index < -0.39 is 0 Å². The second-order valence-electron chi connectivity index (χ2n) is 1.46. The molecule has 5 heteroatoms. The van der Waals surface area contributed by atoms with E-state index in [1.807, 2.05) is 0 Å². The van der Waals surface area contributed by atoms with Crippen LogP contribution in [-0.2, 0) is 0 Å². The van der Waals surface area contributed by atoms with E-state index in [9.17, 15) is 0 Å². The third-order valence-corrected chi connectivity index (χ3v) is 0.814. The van der Waals surface area contributed by atoms with Crippen LogP contribution in [0.15, 0.2) is 10.2 Å². The van der Waals surface area contributed by atoms with Crippen molar-refractivity contribution < 1.29 is 0 Å². The number of nitrogens with zero attached hydrogens (tertiary/aromatic N) is 2. The first-order valence-corrected chi connectivity index (χ1v) is 2.18. The smallest absolute Gasteiger partial charge is 0.146 e. The molecule has 0 unspecified atom stereocenters. The van der Waals surface area contributed by atoms with Gasteiger partial charge in [0, 0.05) is 0 Å². The van der Waals surface area contributed by atoms with Gasteiger partial charge in [-0.2, -0.15) is 0 Å². The van der Waals surface area contributed by atoms with Crippen LogP contribution in [0.25, 0.3) is 0 Å². The minimum atomic E-state index is 0.498. The van der Waals surface area contributed by atoms with E-state index in [2.05, 4.69) is 15.6 Å². The Morgan fingerprint density at radius 1 is 1.50 bits per heavy atom. The highest BCUT2D eigenvalue weighted by molar-refractivity contribution is 6.04. The van der Waals surface area contributed by atoms with Crippen LogP contribution < -0.4 is 17.0 Å². The summed E-state index contributed by atoms with van der Waals surface area (Å²) in [5, 5.41) is 7.11. The molecule has 0 fully saturated rings. The van der Waals surface area contributed by atoms with Crippen LogP contribution >= 0.6 is 0 Å². The summed E-state index contributed by atoms with van der Waals surface area (Å²) in [7, 11) is 0. The lowest BCUT2D eigenvalue weighted by atomic mass is 10.4. The highest BCUT2D eigenvalue weighted by Crippen LogP contribution is 1.92. The van der Waals surface area contributed by atoms with E-state index in [0.717, 1.165) is 0 Å². The molecule has 0 amide bonds. The summed E-state index contributed by atoms with van der Waals surface area (Å²) in [5.74, 6) is 6.10. The lowest BCUT2D eigenvalue weighted by Gasteiger charge is -1.92. The number of hydrogen-bond acceptors (Lipinski definition) is 5. The molecule has 1 aliphatic rings. The maximum atomic E-state index is 5.24. The maximum Gasteiger partial charge on any atom is 0.146 e. The van der Waals surface area contributed by atoms with Crippen LogP contribution in [0, 0.1) is 0 Å². The zero-order chi connectivity index (χ0) is 5.98. The number of hydrazine groups is 1. The first kappa shape index (κ1) is 5.04. The molecule has 0 aromatic heterocycles. The van der Waals surface area contributed by atoms with Crippen molar-refractivity contribution in [2.45, 2.75) is 6.42 Å². The van der Waals surface area contributed by atoms with Gasteiger partial charge in [0.25, 0.3) is 0 Å². The summed E-state index contributed by atoms with van der Waals surface area (Å²) in [6.07, 6.45) is 0.538. The largest absolute Gasteiger partial charge is 0.385 e. The van der Waals surface area contributed by atoms with Crippen molar-refractivity contribution in [3.05, 3.63) is 0 Å². The molecule has 1 aliphatic heterocycles. The van der Waals surface area contributed by atoms with Gasteiger partial charge in [-0.3, -0.25) is 0 Å². The van der Waals surface area contributed by atoms with Crippen LogP contribution in [0.1, 0.15) is 6.42 Å². The van der Waals surface area contributed by atoms with Crippen LogP contribution in [-0.4, -0.2) is 11.7 Å². The maximum absolute atomic E-state index is 5.24. The van der Waals surface area contributed by atoms with Crippen molar-refractivity contribution in [3.63, 3.8) is 0 Å². The fourth-order valence-electron chi connectivity index (χ4n) is 0.447. The average Bonchev–Trinajstić information content (AvgIpc) is 2.14. The molecule has 0 aromatic carbocycles. The summed E-state index contributed by atoms with van der Waals surface area (Å²) in [6, 6.07) is 0. The highest BCUT2D eigenvalue weighted by Gasteiger charge is 2.05. The van der Waals surface area contributed by atoms with E-state index >= 15 is 0 Å². The molecule has 5 nitrogen and oxygen atoms in total. The number of nitrogens with two attached hydrogens (primary N) is 2. The third kappa shape index (κ3) is 0.760. The van der Waals surface area contributed by atoms with Gasteiger partial charge in [-0.15, -0.1) is 10.2 Å². The molecule has 5 N–H and O–H groups in total. The Morgan fingerprint density at radius 2 is 2.25 bits per heavy atom. The topological polar surface area (TPSA) is 88.8 Å². The lowest BCUT2D eigenvalue weighted by Crippen LogP contribution is -2.31. The first-order chi connectivity index (χ1) is 3.83. The number of amidine groups is 2. The standard InChI is InChI=1S/C3H7N5/c4-2-1-3(6-5)8-7-2/h1,5H2,(H2,4,7)(H,6,8). The van der Waals surface area contributed by atoms with Gasteiger partial charge in [0.05, 0.1) is 6.42 Å². The van der Waals surface area contributed by atoms with Crippen LogP contribution in [0.3, 0.4) is 0 Å². The van der Waals surface area contributed by atoms with Crippen molar-refractivity contribution in [2.24, 2.45) is 21.8 Å². The van der Waals surface area contributed by atoms with Crippen molar-refractivity contribution in [3.8, 4) is 0 Å². The molecule has 0 saturated heterocycles. The Hall–Kier alpha value is -1.10. The summed E-state index contributed by atoms with van der Waals surface area (Å²) in [4.78, 5) is 0. The van der Waals surface area contributed by atoms with Crippen molar-refractivity contribution in [1.29, 1.82) is 0 Å². The van der Waals surface area contributed by atoms with Crippen LogP contribution in [0.4, 0.5) is 0 Å². The molecule has 0 saturated carbocycles. The van der Waals surface area contributed by atoms with Crippen molar-refractivity contribution in [2.75, 3.05) is 0 Å². The first-order valence-electron chi connectivity index (χ1n) is 2.18. The van der Waals surface area contributed by atoms with E-state index in [-0.39, 0.29) is 0 Å². The lowest BCUT2D eigenvalue weighted by molar-refractivity contribution is 1.00. The van der Waals surface area contributed by atoms with Crippen LogP contribution in [0.2, 0.25) is 0 Å². The minimum Gasteiger partial charge on any atom is -0.385 e. The van der Waals surface area contributed by atoms with Crippen LogP contribution in [0.5, 0.6) is 0 Å². The SMILES string of the molecule is NNC1=NN=C(N)C1. The highest BCUT2D eigenvalue weighted by atomic mass is 15.4. The van der Waals surface area contributed by atoms with Gasteiger partial charge in [0.2, 0.25) is 0 Å². The molecule has 1 rings (SSSR count). The Kier molecular flexibility index (Phi) is 1.13. The Bertz CT molecular complexity index is 146. The summed E-state index contributed by atoms with van der Waals surface area (Å²) >= 11 is 0. The fraction of sp³-hybridized carbons (Fsp3) is 0.333. The quantitative estimate of drug-likeness (QED) is 0.264. The predicted molar refractivity (Wildman–Crippen MR) is 31.0 cm³/mol. The van der Waals surface area contributed by atoms with Crippen molar-refractivity contribution in [1.82, 2.24) is 5.43 Å². The van der Waals surface area contributed by atoms with Crippen molar-refractivity contribution >= 4 is 11.7 Å². The zero-order valence-electron chi connectivity index (χ0n) is 4.26. The Balaban J connectivity index is 2.49. The van der Waals surface area contributed by atoms with Gasteiger partial charge in [-0.1, -0.05) is 0 Å². The molecule has 0 bridgehead atoms. The van der Waals surface area contributed by atoms with E-state index in [4.69, 9.17) is 11.6 Å². The molecule has 44 valence electrons. The molecule has 0 spiro atoms. The number of hydrogen-bond donors (Lipinski definition) is 3. The van der Waals surface area contributed by atoms with E-state index in [1.165, 1.54) is 0 Å². The summed E-state index contributed by atoms with van der Waals surface area (Å²) < 4.78 is 0. The minimum absolute atomic E-state index is 0.498.